The third kappa shape index (κ3) is 5.98. The molecule has 15 rings (SSSR count). The average molecular weight is 907 g/mol. The molecule has 0 atom stereocenters. The van der Waals surface area contributed by atoms with Crippen molar-refractivity contribution >= 4 is 107 Å². The van der Waals surface area contributed by atoms with E-state index in [1.54, 1.807) is 0 Å². The van der Waals surface area contributed by atoms with Crippen LogP contribution in [-0.4, -0.2) is 19.5 Å². The van der Waals surface area contributed by atoms with Gasteiger partial charge in [0.2, 0.25) is 0 Å². The van der Waals surface area contributed by atoms with Crippen LogP contribution in [0.5, 0.6) is 0 Å². The van der Waals surface area contributed by atoms with Crippen molar-refractivity contribution in [1.29, 1.82) is 0 Å². The molecule has 4 nitrogen and oxygen atoms in total. The molecule has 3 aromatic heterocycles. The highest BCUT2D eigenvalue weighted by Crippen LogP contribution is 2.43. The molecule has 0 saturated carbocycles. The smallest absolute Gasteiger partial charge is 0.164 e. The summed E-state index contributed by atoms with van der Waals surface area (Å²) in [5.41, 5.74) is 8.36. The first-order valence-electron chi connectivity index (χ1n) is 23.7. The maximum absolute atomic E-state index is 5.54. The Morgan fingerprint density at radius 2 is 0.800 bits per heavy atom. The van der Waals surface area contributed by atoms with Crippen molar-refractivity contribution in [3.8, 4) is 51.0 Å². The van der Waals surface area contributed by atoms with Gasteiger partial charge in [0.1, 0.15) is 0 Å². The molecule has 0 aliphatic rings. The van der Waals surface area contributed by atoms with Gasteiger partial charge in [0.25, 0.3) is 0 Å². The second-order valence-electron chi connectivity index (χ2n) is 18.3. The molecule has 0 amide bonds. The van der Waals surface area contributed by atoms with Gasteiger partial charge in [0, 0.05) is 53.3 Å². The van der Waals surface area contributed by atoms with Gasteiger partial charge >= 0.3 is 0 Å². The fraction of sp³-hybridized carbons (Fsp3) is 0. The molecule has 0 unspecified atom stereocenters. The van der Waals surface area contributed by atoms with Crippen LogP contribution in [0.1, 0.15) is 0 Å². The van der Waals surface area contributed by atoms with Crippen molar-refractivity contribution in [2.24, 2.45) is 0 Å². The summed E-state index contributed by atoms with van der Waals surface area (Å²) in [6, 6.07) is 83.6. The van der Waals surface area contributed by atoms with Crippen molar-refractivity contribution in [2.75, 3.05) is 0 Å². The molecule has 70 heavy (non-hydrogen) atoms. The molecular weight excluding hydrogens is 869 g/mol. The Labute approximate surface area is 406 Å². The fourth-order valence-corrected chi connectivity index (χ4v) is 12.3. The standard InChI is InChI=1S/C65H38N4S/c1-2-16-42-36-60-58(35-41(42)15-1)51-19-7-9-25-59(51)69(60)44-30-34-56(57(38-44)43-29-33-53-52-20-8-10-26-61(52)70-62(53)37-43)65-67-63(54-23-11-21-47-45-17-5-3-13-39(45)27-31-49(47)54)66-64(68-65)55-24-12-22-48-46-18-6-4-14-40(46)28-32-50(48)55/h1-38H. The highest BCUT2D eigenvalue weighted by atomic mass is 32.1. The third-order valence-corrected chi connectivity index (χ3v) is 15.6. The van der Waals surface area contributed by atoms with E-state index in [1.807, 2.05) is 11.3 Å². The molecule has 0 saturated heterocycles. The van der Waals surface area contributed by atoms with E-state index in [0.29, 0.717) is 17.5 Å². The van der Waals surface area contributed by atoms with Crippen molar-refractivity contribution < 1.29 is 0 Å². The molecule has 0 bridgehead atoms. The van der Waals surface area contributed by atoms with Crippen LogP contribution >= 0.6 is 11.3 Å². The van der Waals surface area contributed by atoms with E-state index < -0.39 is 0 Å². The molecule has 0 spiro atoms. The van der Waals surface area contributed by atoms with Crippen LogP contribution in [0, 0.1) is 0 Å². The number of para-hydroxylation sites is 1. The molecule has 0 fully saturated rings. The summed E-state index contributed by atoms with van der Waals surface area (Å²) in [5, 5.41) is 16.7. The van der Waals surface area contributed by atoms with Crippen LogP contribution in [0.3, 0.4) is 0 Å². The summed E-state index contributed by atoms with van der Waals surface area (Å²) in [6.45, 7) is 0. The Morgan fingerprint density at radius 1 is 0.271 bits per heavy atom. The lowest BCUT2D eigenvalue weighted by atomic mass is 9.96. The quantitative estimate of drug-likeness (QED) is 0.162. The van der Waals surface area contributed by atoms with Crippen molar-refractivity contribution in [3.05, 3.63) is 231 Å². The van der Waals surface area contributed by atoms with Crippen LogP contribution in [-0.2, 0) is 0 Å². The summed E-state index contributed by atoms with van der Waals surface area (Å²) >= 11 is 1.84. The van der Waals surface area contributed by atoms with E-state index in [9.17, 15) is 0 Å². The van der Waals surface area contributed by atoms with Crippen LogP contribution in [0.2, 0.25) is 0 Å². The number of nitrogens with zero attached hydrogens (tertiary/aromatic N) is 4. The summed E-state index contributed by atoms with van der Waals surface area (Å²) in [5.74, 6) is 1.87. The highest BCUT2D eigenvalue weighted by Gasteiger charge is 2.22. The zero-order valence-corrected chi connectivity index (χ0v) is 38.5. The van der Waals surface area contributed by atoms with Gasteiger partial charge in [-0.15, -0.1) is 11.3 Å². The molecule has 0 aliphatic heterocycles. The summed E-state index contributed by atoms with van der Waals surface area (Å²) in [7, 11) is 0. The largest absolute Gasteiger partial charge is 0.309 e. The Morgan fingerprint density at radius 3 is 1.49 bits per heavy atom. The van der Waals surface area contributed by atoms with E-state index >= 15 is 0 Å². The molecule has 324 valence electrons. The SMILES string of the molecule is c1ccc2cc3c(cc2c1)c1ccccc1n3-c1ccc(-c2nc(-c3cccc4c3ccc3ccccc34)nc(-c3cccc4c3ccc3ccccc34)n2)c(-c2ccc3c(c2)sc2ccccc23)c1. The number of fused-ring (bicyclic) bond motifs is 13. The first-order valence-corrected chi connectivity index (χ1v) is 24.6. The van der Waals surface area contributed by atoms with Gasteiger partial charge in [-0.25, -0.2) is 15.0 Å². The van der Waals surface area contributed by atoms with Gasteiger partial charge in [0.15, 0.2) is 17.5 Å². The molecule has 12 aromatic carbocycles. The van der Waals surface area contributed by atoms with Crippen LogP contribution in [0.4, 0.5) is 0 Å². The monoisotopic (exact) mass is 906 g/mol. The summed E-state index contributed by atoms with van der Waals surface area (Å²) < 4.78 is 4.94. The topological polar surface area (TPSA) is 43.6 Å². The number of thiophene rings is 1. The summed E-state index contributed by atoms with van der Waals surface area (Å²) in [4.78, 5) is 16.5. The lowest BCUT2D eigenvalue weighted by molar-refractivity contribution is 1.08. The van der Waals surface area contributed by atoms with Crippen molar-refractivity contribution in [3.63, 3.8) is 0 Å². The molecule has 3 heterocycles. The fourth-order valence-electron chi connectivity index (χ4n) is 11.1. The Hall–Kier alpha value is -9.03. The molecule has 5 heteroatoms. The third-order valence-electron chi connectivity index (χ3n) is 14.4. The van der Waals surface area contributed by atoms with E-state index in [1.165, 1.54) is 63.3 Å². The number of hydrogen-bond donors (Lipinski definition) is 0. The zero-order chi connectivity index (χ0) is 45.9. The van der Waals surface area contributed by atoms with Gasteiger partial charge in [-0.3, -0.25) is 0 Å². The molecular formula is C65H38N4S. The average Bonchev–Trinajstić information content (AvgIpc) is 3.96. The van der Waals surface area contributed by atoms with Crippen LogP contribution in [0.25, 0.3) is 147 Å². The number of hydrogen-bond acceptors (Lipinski definition) is 4. The zero-order valence-electron chi connectivity index (χ0n) is 37.6. The van der Waals surface area contributed by atoms with E-state index in [-0.39, 0.29) is 0 Å². The predicted octanol–water partition coefficient (Wildman–Crippen LogP) is 17.8. The van der Waals surface area contributed by atoms with Crippen molar-refractivity contribution in [2.45, 2.75) is 0 Å². The Balaban J connectivity index is 1.02. The number of rotatable bonds is 5. The number of benzene rings is 12. The van der Waals surface area contributed by atoms with Crippen LogP contribution in [0.15, 0.2) is 231 Å². The maximum Gasteiger partial charge on any atom is 0.164 e. The lowest BCUT2D eigenvalue weighted by Crippen LogP contribution is -2.03. The molecule has 15 aromatic rings. The Kier molecular flexibility index (Phi) is 8.49. The maximum atomic E-state index is 5.54. The summed E-state index contributed by atoms with van der Waals surface area (Å²) in [6.07, 6.45) is 0. The van der Waals surface area contributed by atoms with Gasteiger partial charge in [-0.1, -0.05) is 182 Å². The van der Waals surface area contributed by atoms with E-state index in [4.69, 9.17) is 15.0 Å². The van der Waals surface area contributed by atoms with Crippen LogP contribution < -0.4 is 0 Å². The highest BCUT2D eigenvalue weighted by molar-refractivity contribution is 7.25. The molecule has 0 aliphatic carbocycles. The first-order chi connectivity index (χ1) is 34.7. The van der Waals surface area contributed by atoms with Crippen molar-refractivity contribution in [1.82, 2.24) is 19.5 Å². The Bertz CT molecular complexity index is 4540. The first kappa shape index (κ1) is 39.0. The van der Waals surface area contributed by atoms with Gasteiger partial charge in [-0.05, 0) is 114 Å². The normalized spacial score (nSPS) is 12.0. The molecule has 0 N–H and O–H groups in total. The minimum absolute atomic E-state index is 0.613. The van der Waals surface area contributed by atoms with E-state index in [0.717, 1.165) is 66.1 Å². The van der Waals surface area contributed by atoms with E-state index in [2.05, 4.69) is 235 Å². The second-order valence-corrected chi connectivity index (χ2v) is 19.4. The van der Waals surface area contributed by atoms with Gasteiger partial charge in [-0.2, -0.15) is 0 Å². The predicted molar refractivity (Wildman–Crippen MR) is 296 cm³/mol. The lowest BCUT2D eigenvalue weighted by Gasteiger charge is -2.17. The molecule has 0 radical (unpaired) electrons. The van der Waals surface area contributed by atoms with Gasteiger partial charge < -0.3 is 4.57 Å². The minimum Gasteiger partial charge on any atom is -0.309 e. The number of aromatic nitrogens is 4. The second kappa shape index (κ2) is 15.2. The minimum atomic E-state index is 0.613. The van der Waals surface area contributed by atoms with Gasteiger partial charge in [0.05, 0.1) is 11.0 Å².